The molecule has 0 amide bonds. The number of thiophene rings is 1. The molecule has 1 aromatic rings. The van der Waals surface area contributed by atoms with Crippen LogP contribution in [0.5, 0.6) is 0 Å². The SMILES string of the molecule is CCC1CCCCC1NC(C)Cc1ccc(C)s1. The van der Waals surface area contributed by atoms with Gasteiger partial charge in [-0.3, -0.25) is 0 Å². The van der Waals surface area contributed by atoms with Gasteiger partial charge in [0.25, 0.3) is 0 Å². The van der Waals surface area contributed by atoms with Crippen molar-refractivity contribution in [1.82, 2.24) is 5.32 Å². The molecular weight excluding hydrogens is 238 g/mol. The average molecular weight is 265 g/mol. The predicted octanol–water partition coefficient (Wildman–Crippen LogP) is 4.55. The van der Waals surface area contributed by atoms with Crippen molar-refractivity contribution in [3.05, 3.63) is 21.9 Å². The second kappa shape index (κ2) is 6.72. The van der Waals surface area contributed by atoms with E-state index in [0.29, 0.717) is 6.04 Å². The molecule has 2 rings (SSSR count). The number of hydrogen-bond acceptors (Lipinski definition) is 2. The summed E-state index contributed by atoms with van der Waals surface area (Å²) in [6.45, 7) is 6.88. The van der Waals surface area contributed by atoms with E-state index >= 15 is 0 Å². The van der Waals surface area contributed by atoms with Gasteiger partial charge in [0.2, 0.25) is 0 Å². The molecule has 0 spiro atoms. The lowest BCUT2D eigenvalue weighted by Crippen LogP contribution is -2.43. The first kappa shape index (κ1) is 14.1. The fourth-order valence-corrected chi connectivity index (χ4v) is 4.26. The van der Waals surface area contributed by atoms with E-state index in [1.807, 2.05) is 11.3 Å². The van der Waals surface area contributed by atoms with Crippen LogP contribution in [0.4, 0.5) is 0 Å². The Balaban J connectivity index is 1.84. The minimum atomic E-state index is 0.611. The van der Waals surface area contributed by atoms with Gasteiger partial charge < -0.3 is 5.32 Å². The third-order valence-corrected chi connectivity index (χ3v) is 5.26. The maximum Gasteiger partial charge on any atom is 0.00978 e. The molecule has 3 unspecified atom stereocenters. The molecule has 2 heteroatoms. The van der Waals surface area contributed by atoms with Crippen molar-refractivity contribution < 1.29 is 0 Å². The van der Waals surface area contributed by atoms with Crippen molar-refractivity contribution in [2.75, 3.05) is 0 Å². The first-order valence-electron chi connectivity index (χ1n) is 7.50. The molecule has 0 aromatic carbocycles. The Morgan fingerprint density at radius 2 is 2.11 bits per heavy atom. The highest BCUT2D eigenvalue weighted by Crippen LogP contribution is 2.27. The Labute approximate surface area is 116 Å². The molecule has 1 nitrogen and oxygen atoms in total. The average Bonchev–Trinajstić information content (AvgIpc) is 2.75. The summed E-state index contributed by atoms with van der Waals surface area (Å²) in [4.78, 5) is 2.96. The quantitative estimate of drug-likeness (QED) is 0.824. The Morgan fingerprint density at radius 3 is 2.78 bits per heavy atom. The van der Waals surface area contributed by atoms with Crippen LogP contribution in [0.15, 0.2) is 12.1 Å². The van der Waals surface area contributed by atoms with E-state index in [4.69, 9.17) is 0 Å². The summed E-state index contributed by atoms with van der Waals surface area (Å²) in [6.07, 6.45) is 8.19. The van der Waals surface area contributed by atoms with Gasteiger partial charge in [-0.2, -0.15) is 0 Å². The van der Waals surface area contributed by atoms with Crippen LogP contribution in [-0.2, 0) is 6.42 Å². The van der Waals surface area contributed by atoms with E-state index in [0.717, 1.165) is 12.0 Å². The molecule has 1 aliphatic carbocycles. The van der Waals surface area contributed by atoms with E-state index < -0.39 is 0 Å². The zero-order valence-corrected chi connectivity index (χ0v) is 12.9. The van der Waals surface area contributed by atoms with E-state index in [-0.39, 0.29) is 0 Å². The van der Waals surface area contributed by atoms with Crippen molar-refractivity contribution >= 4 is 11.3 Å². The number of hydrogen-bond donors (Lipinski definition) is 1. The highest BCUT2D eigenvalue weighted by Gasteiger charge is 2.24. The Morgan fingerprint density at radius 1 is 1.33 bits per heavy atom. The van der Waals surface area contributed by atoms with Gasteiger partial charge in [0.1, 0.15) is 0 Å². The summed E-state index contributed by atoms with van der Waals surface area (Å²) in [5.41, 5.74) is 0. The van der Waals surface area contributed by atoms with Crippen LogP contribution in [0, 0.1) is 12.8 Å². The molecule has 18 heavy (non-hydrogen) atoms. The first-order chi connectivity index (χ1) is 8.69. The molecule has 0 saturated heterocycles. The summed E-state index contributed by atoms with van der Waals surface area (Å²) in [5.74, 6) is 0.909. The monoisotopic (exact) mass is 265 g/mol. The predicted molar refractivity (Wildman–Crippen MR) is 81.4 cm³/mol. The third kappa shape index (κ3) is 3.83. The molecule has 3 atom stereocenters. The second-order valence-corrected chi connectivity index (χ2v) is 7.22. The molecule has 1 N–H and O–H groups in total. The standard InChI is InChI=1S/C16H27NS/c1-4-14-7-5-6-8-16(14)17-12(2)11-15-10-9-13(3)18-15/h9-10,12,14,16-17H,4-8,11H2,1-3H3. The minimum Gasteiger partial charge on any atom is -0.311 e. The van der Waals surface area contributed by atoms with Gasteiger partial charge in [-0.05, 0) is 51.2 Å². The molecule has 1 aliphatic rings. The Hall–Kier alpha value is -0.340. The normalized spacial score (nSPS) is 26.2. The summed E-state index contributed by atoms with van der Waals surface area (Å²) >= 11 is 1.94. The van der Waals surface area contributed by atoms with Crippen molar-refractivity contribution in [3.63, 3.8) is 0 Å². The molecule has 0 bridgehead atoms. The topological polar surface area (TPSA) is 12.0 Å². The molecule has 1 saturated carbocycles. The number of nitrogens with one attached hydrogen (secondary N) is 1. The molecule has 1 heterocycles. The van der Waals surface area contributed by atoms with Crippen molar-refractivity contribution in [2.45, 2.75) is 71.4 Å². The highest BCUT2D eigenvalue weighted by molar-refractivity contribution is 7.11. The Bertz CT molecular complexity index is 358. The van der Waals surface area contributed by atoms with Crippen LogP contribution < -0.4 is 5.32 Å². The zero-order chi connectivity index (χ0) is 13.0. The molecule has 0 radical (unpaired) electrons. The Kier molecular flexibility index (Phi) is 5.25. The lowest BCUT2D eigenvalue weighted by atomic mass is 9.82. The van der Waals surface area contributed by atoms with E-state index in [1.54, 1.807) is 0 Å². The van der Waals surface area contributed by atoms with Crippen molar-refractivity contribution in [2.24, 2.45) is 5.92 Å². The van der Waals surface area contributed by atoms with E-state index in [9.17, 15) is 0 Å². The van der Waals surface area contributed by atoms with Crippen LogP contribution in [-0.4, -0.2) is 12.1 Å². The lowest BCUT2D eigenvalue weighted by molar-refractivity contribution is 0.240. The summed E-state index contributed by atoms with van der Waals surface area (Å²) in [6, 6.07) is 5.90. The van der Waals surface area contributed by atoms with Gasteiger partial charge in [-0.15, -0.1) is 11.3 Å². The molecule has 1 aromatic heterocycles. The lowest BCUT2D eigenvalue weighted by Gasteiger charge is -2.34. The van der Waals surface area contributed by atoms with Crippen LogP contribution in [0.1, 0.15) is 55.7 Å². The molecule has 1 fully saturated rings. The van der Waals surface area contributed by atoms with Crippen molar-refractivity contribution in [1.29, 1.82) is 0 Å². The van der Waals surface area contributed by atoms with Crippen LogP contribution in [0.3, 0.4) is 0 Å². The smallest absolute Gasteiger partial charge is 0.00978 e. The molecular formula is C16H27NS. The first-order valence-corrected chi connectivity index (χ1v) is 8.32. The van der Waals surface area contributed by atoms with Crippen LogP contribution in [0.2, 0.25) is 0 Å². The van der Waals surface area contributed by atoms with E-state index in [1.165, 1.54) is 48.3 Å². The van der Waals surface area contributed by atoms with Gasteiger partial charge in [0, 0.05) is 21.8 Å². The fourth-order valence-electron chi connectivity index (χ4n) is 3.24. The summed E-state index contributed by atoms with van der Waals surface area (Å²) in [5, 5.41) is 3.88. The third-order valence-electron chi connectivity index (χ3n) is 4.24. The van der Waals surface area contributed by atoms with Gasteiger partial charge in [0.15, 0.2) is 0 Å². The van der Waals surface area contributed by atoms with Gasteiger partial charge in [-0.1, -0.05) is 26.2 Å². The van der Waals surface area contributed by atoms with Gasteiger partial charge in [-0.25, -0.2) is 0 Å². The fraction of sp³-hybridized carbons (Fsp3) is 0.750. The van der Waals surface area contributed by atoms with Crippen LogP contribution >= 0.6 is 11.3 Å². The molecule has 0 aliphatic heterocycles. The van der Waals surface area contributed by atoms with E-state index in [2.05, 4.69) is 38.2 Å². The number of aryl methyl sites for hydroxylation is 1. The number of rotatable bonds is 5. The van der Waals surface area contributed by atoms with Crippen LogP contribution in [0.25, 0.3) is 0 Å². The summed E-state index contributed by atoms with van der Waals surface area (Å²) in [7, 11) is 0. The maximum atomic E-state index is 3.88. The largest absolute Gasteiger partial charge is 0.311 e. The van der Waals surface area contributed by atoms with Crippen molar-refractivity contribution in [3.8, 4) is 0 Å². The van der Waals surface area contributed by atoms with Gasteiger partial charge in [0.05, 0.1) is 0 Å². The second-order valence-electron chi connectivity index (χ2n) is 5.84. The highest BCUT2D eigenvalue weighted by atomic mass is 32.1. The van der Waals surface area contributed by atoms with Gasteiger partial charge >= 0.3 is 0 Å². The maximum absolute atomic E-state index is 3.88. The molecule has 102 valence electrons. The zero-order valence-electron chi connectivity index (χ0n) is 12.0. The minimum absolute atomic E-state index is 0.611. The summed E-state index contributed by atoms with van der Waals surface area (Å²) < 4.78 is 0.